The van der Waals surface area contributed by atoms with Gasteiger partial charge < -0.3 is 15.2 Å². The lowest BCUT2D eigenvalue weighted by atomic mass is 9.84. The van der Waals surface area contributed by atoms with E-state index in [1.807, 2.05) is 0 Å². The Hall–Kier alpha value is -0.160. The number of morpholine rings is 1. The lowest BCUT2D eigenvalue weighted by Gasteiger charge is -2.36. The van der Waals surface area contributed by atoms with Gasteiger partial charge in [0.05, 0.1) is 19.3 Å². The van der Waals surface area contributed by atoms with E-state index < -0.39 is 0 Å². The molecule has 1 saturated heterocycles. The highest BCUT2D eigenvalue weighted by molar-refractivity contribution is 4.82. The molecule has 4 nitrogen and oxygen atoms in total. The zero-order valence-electron chi connectivity index (χ0n) is 13.1. The molecule has 1 fully saturated rings. The van der Waals surface area contributed by atoms with Crippen molar-refractivity contribution in [3.63, 3.8) is 0 Å². The Morgan fingerprint density at radius 1 is 1.42 bits per heavy atom. The van der Waals surface area contributed by atoms with Gasteiger partial charge >= 0.3 is 0 Å². The first kappa shape index (κ1) is 16.9. The van der Waals surface area contributed by atoms with E-state index >= 15 is 0 Å². The third kappa shape index (κ3) is 6.21. The van der Waals surface area contributed by atoms with Gasteiger partial charge in [-0.2, -0.15) is 0 Å². The molecule has 2 unspecified atom stereocenters. The molecule has 0 bridgehead atoms. The van der Waals surface area contributed by atoms with Gasteiger partial charge in [0.15, 0.2) is 0 Å². The van der Waals surface area contributed by atoms with Crippen LogP contribution in [0.4, 0.5) is 0 Å². The number of rotatable bonds is 7. The van der Waals surface area contributed by atoms with E-state index in [1.54, 1.807) is 0 Å². The van der Waals surface area contributed by atoms with Crippen LogP contribution in [0.2, 0.25) is 0 Å². The number of ether oxygens (including phenoxy) is 1. The summed E-state index contributed by atoms with van der Waals surface area (Å²) in [6.45, 7) is 14.0. The van der Waals surface area contributed by atoms with Gasteiger partial charge in [-0.25, -0.2) is 0 Å². The first-order valence-corrected chi connectivity index (χ1v) is 7.65. The minimum Gasteiger partial charge on any atom is -0.394 e. The average Bonchev–Trinajstić information content (AvgIpc) is 2.37. The molecule has 0 radical (unpaired) electrons. The maximum atomic E-state index is 9.17. The molecule has 2 N–H and O–H groups in total. The third-order valence-corrected chi connectivity index (χ3v) is 3.85. The smallest absolute Gasteiger partial charge is 0.0932 e. The summed E-state index contributed by atoms with van der Waals surface area (Å²) in [5, 5.41) is 12.8. The molecule has 4 heteroatoms. The quantitative estimate of drug-likeness (QED) is 0.737. The lowest BCUT2D eigenvalue weighted by molar-refractivity contribution is -0.0539. The van der Waals surface area contributed by atoms with Crippen LogP contribution in [-0.4, -0.2) is 61.5 Å². The summed E-state index contributed by atoms with van der Waals surface area (Å²) in [4.78, 5) is 2.41. The van der Waals surface area contributed by atoms with Gasteiger partial charge in [-0.05, 0) is 31.3 Å². The van der Waals surface area contributed by atoms with Crippen molar-refractivity contribution in [3.05, 3.63) is 0 Å². The van der Waals surface area contributed by atoms with Crippen LogP contribution in [0.5, 0.6) is 0 Å². The van der Waals surface area contributed by atoms with E-state index in [0.29, 0.717) is 6.04 Å². The molecule has 1 rings (SSSR count). The van der Waals surface area contributed by atoms with Crippen molar-refractivity contribution in [1.82, 2.24) is 10.2 Å². The molecule has 19 heavy (non-hydrogen) atoms. The topological polar surface area (TPSA) is 44.7 Å². The molecule has 1 aliphatic heterocycles. The number of aliphatic hydroxyl groups excluding tert-OH is 1. The standard InChI is InChI=1S/C15H32N2O2/c1-5-7-16-14(15(2,3)4)6-8-17-9-10-19-13(11-17)12-18/h13-14,16,18H,5-12H2,1-4H3. The molecule has 0 aromatic carbocycles. The summed E-state index contributed by atoms with van der Waals surface area (Å²) in [7, 11) is 0. The number of hydrogen-bond donors (Lipinski definition) is 2. The molecular formula is C15H32N2O2. The van der Waals surface area contributed by atoms with E-state index in [4.69, 9.17) is 9.84 Å². The van der Waals surface area contributed by atoms with E-state index in [9.17, 15) is 0 Å². The summed E-state index contributed by atoms with van der Waals surface area (Å²) < 4.78 is 5.49. The van der Waals surface area contributed by atoms with Gasteiger partial charge in [-0.3, -0.25) is 4.90 Å². The minimum absolute atomic E-state index is 0.00503. The molecule has 0 aromatic heterocycles. The fourth-order valence-electron chi connectivity index (χ4n) is 2.57. The number of aliphatic hydroxyl groups is 1. The van der Waals surface area contributed by atoms with Gasteiger partial charge in [0.1, 0.15) is 0 Å². The zero-order chi connectivity index (χ0) is 14.3. The van der Waals surface area contributed by atoms with Crippen molar-refractivity contribution in [1.29, 1.82) is 0 Å². The normalized spacial score (nSPS) is 23.5. The number of nitrogens with zero attached hydrogens (tertiary/aromatic N) is 1. The maximum absolute atomic E-state index is 9.17. The minimum atomic E-state index is 0.00503. The molecule has 2 atom stereocenters. The Morgan fingerprint density at radius 3 is 2.74 bits per heavy atom. The van der Waals surface area contributed by atoms with Crippen LogP contribution in [0.1, 0.15) is 40.5 Å². The molecule has 1 aliphatic rings. The van der Waals surface area contributed by atoms with Crippen molar-refractivity contribution < 1.29 is 9.84 Å². The summed E-state index contributed by atoms with van der Waals surface area (Å²) in [6, 6.07) is 0.544. The molecule has 0 aromatic rings. The van der Waals surface area contributed by atoms with Crippen LogP contribution in [0.25, 0.3) is 0 Å². The number of nitrogens with one attached hydrogen (secondary N) is 1. The highest BCUT2D eigenvalue weighted by Gasteiger charge is 2.26. The van der Waals surface area contributed by atoms with Crippen molar-refractivity contribution >= 4 is 0 Å². The Kier molecular flexibility index (Phi) is 7.29. The van der Waals surface area contributed by atoms with Gasteiger partial charge in [0, 0.05) is 19.1 Å². The highest BCUT2D eigenvalue weighted by Crippen LogP contribution is 2.22. The van der Waals surface area contributed by atoms with E-state index in [-0.39, 0.29) is 18.1 Å². The van der Waals surface area contributed by atoms with E-state index in [2.05, 4.69) is 37.9 Å². The molecule has 0 spiro atoms. The van der Waals surface area contributed by atoms with Gasteiger partial charge in [0.2, 0.25) is 0 Å². The van der Waals surface area contributed by atoms with Crippen molar-refractivity contribution in [2.75, 3.05) is 39.4 Å². The Balaban J connectivity index is 2.38. The summed E-state index contributed by atoms with van der Waals surface area (Å²) in [6.07, 6.45) is 2.34. The van der Waals surface area contributed by atoms with Gasteiger partial charge in [-0.15, -0.1) is 0 Å². The zero-order valence-corrected chi connectivity index (χ0v) is 13.1. The van der Waals surface area contributed by atoms with E-state index in [0.717, 1.165) is 39.2 Å². The Bertz CT molecular complexity index is 241. The average molecular weight is 272 g/mol. The fraction of sp³-hybridized carbons (Fsp3) is 1.00. The molecule has 0 aliphatic carbocycles. The summed E-state index contributed by atoms with van der Waals surface area (Å²) >= 11 is 0. The molecule has 1 heterocycles. The molecule has 0 amide bonds. The van der Waals surface area contributed by atoms with E-state index in [1.165, 1.54) is 6.42 Å². The Morgan fingerprint density at radius 2 is 2.16 bits per heavy atom. The molecule has 114 valence electrons. The maximum Gasteiger partial charge on any atom is 0.0932 e. The fourth-order valence-corrected chi connectivity index (χ4v) is 2.57. The van der Waals surface area contributed by atoms with Crippen LogP contribution in [0, 0.1) is 5.41 Å². The first-order chi connectivity index (χ1) is 8.97. The van der Waals surface area contributed by atoms with Gasteiger partial charge in [-0.1, -0.05) is 27.7 Å². The lowest BCUT2D eigenvalue weighted by Crippen LogP contribution is -2.47. The van der Waals surface area contributed by atoms with Crippen molar-refractivity contribution in [2.24, 2.45) is 5.41 Å². The SMILES string of the molecule is CCCNC(CCN1CCOC(CO)C1)C(C)(C)C. The predicted molar refractivity (Wildman–Crippen MR) is 79.4 cm³/mol. The van der Waals surface area contributed by atoms with Crippen LogP contribution in [0.15, 0.2) is 0 Å². The monoisotopic (exact) mass is 272 g/mol. The highest BCUT2D eigenvalue weighted by atomic mass is 16.5. The summed E-state index contributed by atoms with van der Waals surface area (Å²) in [5.74, 6) is 0. The van der Waals surface area contributed by atoms with Crippen molar-refractivity contribution in [2.45, 2.75) is 52.7 Å². The second kappa shape index (κ2) is 8.20. The van der Waals surface area contributed by atoms with Gasteiger partial charge in [0.25, 0.3) is 0 Å². The number of hydrogen-bond acceptors (Lipinski definition) is 4. The van der Waals surface area contributed by atoms with Crippen LogP contribution >= 0.6 is 0 Å². The first-order valence-electron chi connectivity index (χ1n) is 7.65. The van der Waals surface area contributed by atoms with Crippen LogP contribution in [-0.2, 0) is 4.74 Å². The predicted octanol–water partition coefficient (Wildman–Crippen LogP) is 1.48. The van der Waals surface area contributed by atoms with Crippen molar-refractivity contribution in [3.8, 4) is 0 Å². The second-order valence-electron chi connectivity index (χ2n) is 6.64. The second-order valence-corrected chi connectivity index (χ2v) is 6.64. The molecule has 0 saturated carbocycles. The molecular weight excluding hydrogens is 240 g/mol. The van der Waals surface area contributed by atoms with Crippen LogP contribution < -0.4 is 5.32 Å². The Labute approximate surface area is 118 Å². The third-order valence-electron chi connectivity index (χ3n) is 3.85. The summed E-state index contributed by atoms with van der Waals surface area (Å²) in [5.41, 5.74) is 0.290. The van der Waals surface area contributed by atoms with Crippen LogP contribution in [0.3, 0.4) is 0 Å². The largest absolute Gasteiger partial charge is 0.394 e.